The normalized spacial score (nSPS) is 17.1. The Morgan fingerprint density at radius 1 is 1.28 bits per heavy atom. The molecule has 0 radical (unpaired) electrons. The Bertz CT molecular complexity index is 500. The molecule has 1 aliphatic heterocycles. The van der Waals surface area contributed by atoms with Gasteiger partial charge in [0.1, 0.15) is 12.1 Å². The molecule has 2 aromatic heterocycles. The molecule has 1 aliphatic rings. The van der Waals surface area contributed by atoms with E-state index in [4.69, 9.17) is 0 Å². The Morgan fingerprint density at radius 2 is 2.11 bits per heavy atom. The zero-order chi connectivity index (χ0) is 12.4. The van der Waals surface area contributed by atoms with Crippen LogP contribution in [0.15, 0.2) is 24.7 Å². The molecule has 1 N–H and O–H groups in total. The van der Waals surface area contributed by atoms with Gasteiger partial charge in [0.2, 0.25) is 0 Å². The van der Waals surface area contributed by atoms with Crippen molar-refractivity contribution in [1.82, 2.24) is 20.2 Å². The second-order valence-electron chi connectivity index (χ2n) is 4.79. The van der Waals surface area contributed by atoms with Crippen LogP contribution in [-0.2, 0) is 0 Å². The van der Waals surface area contributed by atoms with Crippen LogP contribution in [-0.4, -0.2) is 33.3 Å². The number of hydrogen-bond donors (Lipinski definition) is 1. The average Bonchev–Trinajstić information content (AvgIpc) is 2.93. The second-order valence-corrected chi connectivity index (χ2v) is 4.79. The molecule has 1 fully saturated rings. The maximum Gasteiger partial charge on any atom is 0.132 e. The number of aromatic nitrogens is 4. The van der Waals surface area contributed by atoms with Crippen LogP contribution < -0.4 is 4.90 Å². The summed E-state index contributed by atoms with van der Waals surface area (Å²) in [6, 6.07) is 4.13. The SMILES string of the molecule is Cc1cc(N2CCC(c3ccn[nH]3)CC2)ncn1. The van der Waals surface area contributed by atoms with E-state index in [1.165, 1.54) is 5.69 Å². The van der Waals surface area contributed by atoms with E-state index < -0.39 is 0 Å². The van der Waals surface area contributed by atoms with Crippen molar-refractivity contribution >= 4 is 5.82 Å². The number of nitrogens with one attached hydrogen (secondary N) is 1. The van der Waals surface area contributed by atoms with Gasteiger partial charge in [-0.25, -0.2) is 9.97 Å². The van der Waals surface area contributed by atoms with Crippen molar-refractivity contribution in [2.75, 3.05) is 18.0 Å². The molecule has 5 nitrogen and oxygen atoms in total. The second kappa shape index (κ2) is 4.76. The van der Waals surface area contributed by atoms with E-state index in [1.54, 1.807) is 6.33 Å². The van der Waals surface area contributed by atoms with E-state index in [0.29, 0.717) is 5.92 Å². The fraction of sp³-hybridized carbons (Fsp3) is 0.462. The molecule has 3 rings (SSSR count). The van der Waals surface area contributed by atoms with Crippen molar-refractivity contribution < 1.29 is 0 Å². The van der Waals surface area contributed by atoms with Gasteiger partial charge in [-0.15, -0.1) is 0 Å². The minimum atomic E-state index is 0.603. The molecule has 0 bridgehead atoms. The smallest absolute Gasteiger partial charge is 0.132 e. The molecule has 0 saturated carbocycles. The first-order chi connectivity index (χ1) is 8.83. The lowest BCUT2D eigenvalue weighted by Crippen LogP contribution is -2.33. The third-order valence-corrected chi connectivity index (χ3v) is 3.57. The zero-order valence-corrected chi connectivity index (χ0v) is 10.5. The van der Waals surface area contributed by atoms with Crippen LogP contribution in [0.3, 0.4) is 0 Å². The van der Waals surface area contributed by atoms with E-state index in [2.05, 4.69) is 37.2 Å². The number of piperidine rings is 1. The highest BCUT2D eigenvalue weighted by molar-refractivity contribution is 5.39. The fourth-order valence-electron chi connectivity index (χ4n) is 2.53. The summed E-state index contributed by atoms with van der Waals surface area (Å²) >= 11 is 0. The zero-order valence-electron chi connectivity index (χ0n) is 10.5. The van der Waals surface area contributed by atoms with Gasteiger partial charge < -0.3 is 4.90 Å². The van der Waals surface area contributed by atoms with Crippen LogP contribution in [0.25, 0.3) is 0 Å². The quantitative estimate of drug-likeness (QED) is 0.875. The third kappa shape index (κ3) is 2.20. The Morgan fingerprint density at radius 3 is 2.78 bits per heavy atom. The molecular weight excluding hydrogens is 226 g/mol. The van der Waals surface area contributed by atoms with Gasteiger partial charge in [-0.2, -0.15) is 5.10 Å². The topological polar surface area (TPSA) is 57.7 Å². The van der Waals surface area contributed by atoms with Gasteiger partial charge in [0.05, 0.1) is 0 Å². The first-order valence-corrected chi connectivity index (χ1v) is 6.36. The summed E-state index contributed by atoms with van der Waals surface area (Å²) in [5.74, 6) is 1.65. The molecule has 18 heavy (non-hydrogen) atoms. The Labute approximate surface area is 106 Å². The minimum absolute atomic E-state index is 0.603. The average molecular weight is 243 g/mol. The van der Waals surface area contributed by atoms with Gasteiger partial charge in [-0.1, -0.05) is 0 Å². The Hall–Kier alpha value is -1.91. The van der Waals surface area contributed by atoms with Gasteiger partial charge >= 0.3 is 0 Å². The van der Waals surface area contributed by atoms with Crippen LogP contribution in [0.4, 0.5) is 5.82 Å². The molecule has 3 heterocycles. The largest absolute Gasteiger partial charge is 0.356 e. The number of H-pyrrole nitrogens is 1. The number of hydrogen-bond acceptors (Lipinski definition) is 4. The number of nitrogens with zero attached hydrogens (tertiary/aromatic N) is 4. The van der Waals surface area contributed by atoms with Gasteiger partial charge in [-0.3, -0.25) is 5.10 Å². The van der Waals surface area contributed by atoms with Crippen molar-refractivity contribution in [2.45, 2.75) is 25.7 Å². The van der Waals surface area contributed by atoms with Crippen molar-refractivity contribution in [1.29, 1.82) is 0 Å². The molecular formula is C13H17N5. The molecule has 0 amide bonds. The predicted molar refractivity (Wildman–Crippen MR) is 69.5 cm³/mol. The van der Waals surface area contributed by atoms with Crippen LogP contribution in [0.5, 0.6) is 0 Å². The maximum absolute atomic E-state index is 4.35. The van der Waals surface area contributed by atoms with E-state index in [0.717, 1.165) is 37.4 Å². The molecule has 0 spiro atoms. The summed E-state index contributed by atoms with van der Waals surface area (Å²) < 4.78 is 0. The molecule has 1 saturated heterocycles. The molecule has 0 atom stereocenters. The molecule has 0 aliphatic carbocycles. The summed E-state index contributed by atoms with van der Waals surface area (Å²) in [7, 11) is 0. The van der Waals surface area contributed by atoms with Crippen LogP contribution in [0.1, 0.15) is 30.1 Å². The van der Waals surface area contributed by atoms with Crippen molar-refractivity contribution in [2.24, 2.45) is 0 Å². The van der Waals surface area contributed by atoms with Gasteiger partial charge in [0, 0.05) is 42.7 Å². The Kier molecular flexibility index (Phi) is 2.96. The number of aryl methyl sites for hydroxylation is 1. The summed E-state index contributed by atoms with van der Waals surface area (Å²) in [6.07, 6.45) is 5.76. The summed E-state index contributed by atoms with van der Waals surface area (Å²) in [4.78, 5) is 10.8. The number of aromatic amines is 1. The van der Waals surface area contributed by atoms with Crippen LogP contribution >= 0.6 is 0 Å². The highest BCUT2D eigenvalue weighted by atomic mass is 15.2. The summed E-state index contributed by atoms with van der Waals surface area (Å²) in [5, 5.41) is 7.10. The van der Waals surface area contributed by atoms with Gasteiger partial charge in [-0.05, 0) is 25.8 Å². The number of rotatable bonds is 2. The lowest BCUT2D eigenvalue weighted by molar-refractivity contribution is 0.493. The molecule has 94 valence electrons. The minimum Gasteiger partial charge on any atom is -0.356 e. The van der Waals surface area contributed by atoms with Gasteiger partial charge in [0.15, 0.2) is 0 Å². The van der Waals surface area contributed by atoms with Gasteiger partial charge in [0.25, 0.3) is 0 Å². The third-order valence-electron chi connectivity index (χ3n) is 3.57. The van der Waals surface area contributed by atoms with E-state index in [9.17, 15) is 0 Å². The first-order valence-electron chi connectivity index (χ1n) is 6.36. The summed E-state index contributed by atoms with van der Waals surface area (Å²) in [6.45, 7) is 4.09. The monoisotopic (exact) mass is 243 g/mol. The number of anilines is 1. The molecule has 2 aromatic rings. The fourth-order valence-corrected chi connectivity index (χ4v) is 2.53. The molecule has 5 heteroatoms. The van der Waals surface area contributed by atoms with Crippen LogP contribution in [0.2, 0.25) is 0 Å². The highest BCUT2D eigenvalue weighted by Crippen LogP contribution is 2.28. The molecule has 0 aromatic carbocycles. The standard InChI is InChI=1S/C13H17N5/c1-10-8-13(15-9-14-10)18-6-3-11(4-7-18)12-2-5-16-17-12/h2,5,8-9,11H,3-4,6-7H2,1H3,(H,16,17). The lowest BCUT2D eigenvalue weighted by Gasteiger charge is -2.32. The predicted octanol–water partition coefficient (Wildman–Crippen LogP) is 1.89. The van der Waals surface area contributed by atoms with Crippen molar-refractivity contribution in [3.8, 4) is 0 Å². The van der Waals surface area contributed by atoms with Crippen molar-refractivity contribution in [3.05, 3.63) is 36.0 Å². The van der Waals surface area contributed by atoms with Crippen LogP contribution in [0, 0.1) is 6.92 Å². The maximum atomic E-state index is 4.35. The van der Waals surface area contributed by atoms with E-state index in [-0.39, 0.29) is 0 Å². The lowest BCUT2D eigenvalue weighted by atomic mass is 9.94. The van der Waals surface area contributed by atoms with Crippen molar-refractivity contribution in [3.63, 3.8) is 0 Å². The van der Waals surface area contributed by atoms with E-state index in [1.807, 2.05) is 13.1 Å². The Balaban J connectivity index is 1.67. The summed E-state index contributed by atoms with van der Waals surface area (Å²) in [5.41, 5.74) is 2.28. The van der Waals surface area contributed by atoms with E-state index >= 15 is 0 Å². The first kappa shape index (κ1) is 11.2. The highest BCUT2D eigenvalue weighted by Gasteiger charge is 2.22. The molecule has 0 unspecified atom stereocenters.